The largest absolute Gasteiger partial charge is 0.507 e. The molecule has 0 aliphatic rings. The van der Waals surface area contributed by atoms with Crippen LogP contribution in [0.3, 0.4) is 0 Å². The average molecular weight is 473 g/mol. The highest BCUT2D eigenvalue weighted by molar-refractivity contribution is 14.1. The van der Waals surface area contributed by atoms with Gasteiger partial charge in [0.05, 0.1) is 9.78 Å². The lowest BCUT2D eigenvalue weighted by atomic mass is 10.2. The Morgan fingerprint density at radius 3 is 2.63 bits per heavy atom. The lowest BCUT2D eigenvalue weighted by Gasteiger charge is -2.10. The van der Waals surface area contributed by atoms with Gasteiger partial charge in [-0.05, 0) is 85.3 Å². The highest BCUT2D eigenvalue weighted by Gasteiger charge is 2.10. The molecule has 0 bridgehead atoms. The highest BCUT2D eigenvalue weighted by atomic mass is 127. The number of aryl methyl sites for hydroxylation is 2. The van der Waals surface area contributed by atoms with Crippen molar-refractivity contribution in [3.8, 4) is 11.4 Å². The first-order chi connectivity index (χ1) is 12.9. The number of carbonyl (C=O) groups is 1. The molecule has 27 heavy (non-hydrogen) atoms. The summed E-state index contributed by atoms with van der Waals surface area (Å²) in [5.41, 5.74) is 8.23. The predicted octanol–water partition coefficient (Wildman–Crippen LogP) is 4.48. The second kappa shape index (κ2) is 7.96. The molecule has 5 nitrogen and oxygen atoms in total. The molecule has 2 N–H and O–H groups in total. The number of nitrogens with zero attached hydrogens (tertiary/aromatic N) is 2. The minimum Gasteiger partial charge on any atom is -0.507 e. The third-order valence-corrected chi connectivity index (χ3v) is 5.22. The van der Waals surface area contributed by atoms with Crippen molar-refractivity contribution < 1.29 is 9.90 Å². The summed E-state index contributed by atoms with van der Waals surface area (Å²) in [6, 6.07) is 15.1. The first-order valence-electron chi connectivity index (χ1n) is 8.44. The summed E-state index contributed by atoms with van der Waals surface area (Å²) in [6.07, 6.45) is 1.64. The number of aromatic hydroxyl groups is 1. The first-order valence-corrected chi connectivity index (χ1v) is 9.52. The summed E-state index contributed by atoms with van der Waals surface area (Å²) in [4.78, 5) is 12.2. The van der Waals surface area contributed by atoms with Gasteiger partial charge < -0.3 is 9.67 Å². The smallest absolute Gasteiger partial charge is 0.271 e. The van der Waals surface area contributed by atoms with Gasteiger partial charge in [0.25, 0.3) is 5.91 Å². The number of phenolic OH excluding ortho intramolecular Hbond substituents is 1. The molecule has 0 saturated heterocycles. The van der Waals surface area contributed by atoms with Gasteiger partial charge in [-0.15, -0.1) is 0 Å². The molecule has 0 saturated carbocycles. The number of hydrazone groups is 1. The predicted molar refractivity (Wildman–Crippen MR) is 116 cm³/mol. The summed E-state index contributed by atoms with van der Waals surface area (Å²) in [5, 5.41) is 13.8. The fourth-order valence-corrected chi connectivity index (χ4v) is 3.30. The van der Waals surface area contributed by atoms with E-state index in [4.69, 9.17) is 0 Å². The number of phenols is 1. The summed E-state index contributed by atoms with van der Waals surface area (Å²) in [6.45, 7) is 6.13. The van der Waals surface area contributed by atoms with Crippen molar-refractivity contribution in [1.82, 2.24) is 9.99 Å². The summed E-state index contributed by atoms with van der Waals surface area (Å²) in [7, 11) is 0. The van der Waals surface area contributed by atoms with Crippen LogP contribution in [-0.2, 0) is 0 Å². The third kappa shape index (κ3) is 4.21. The Hall–Kier alpha value is -2.61. The maximum absolute atomic E-state index is 12.2. The van der Waals surface area contributed by atoms with Crippen LogP contribution in [0.1, 0.15) is 32.9 Å². The minimum atomic E-state index is -0.370. The zero-order valence-corrected chi connectivity index (χ0v) is 17.5. The Labute approximate surface area is 171 Å². The van der Waals surface area contributed by atoms with Crippen LogP contribution in [0.4, 0.5) is 0 Å². The number of benzene rings is 2. The zero-order chi connectivity index (χ0) is 19.6. The molecule has 0 radical (unpaired) electrons. The van der Waals surface area contributed by atoms with Gasteiger partial charge in [0, 0.05) is 28.2 Å². The van der Waals surface area contributed by atoms with Crippen LogP contribution in [0.5, 0.6) is 5.75 Å². The number of aromatic nitrogens is 1. The molecular weight excluding hydrogens is 453 g/mol. The van der Waals surface area contributed by atoms with E-state index in [-0.39, 0.29) is 11.7 Å². The first kappa shape index (κ1) is 19.2. The molecule has 1 aromatic heterocycles. The fraction of sp³-hybridized carbons (Fsp3) is 0.143. The molecule has 2 aromatic carbocycles. The van der Waals surface area contributed by atoms with Gasteiger partial charge in [-0.1, -0.05) is 12.1 Å². The van der Waals surface area contributed by atoms with Crippen LogP contribution in [0.15, 0.2) is 53.6 Å². The van der Waals surface area contributed by atoms with Crippen LogP contribution >= 0.6 is 22.6 Å². The van der Waals surface area contributed by atoms with E-state index in [2.05, 4.69) is 40.2 Å². The van der Waals surface area contributed by atoms with Crippen molar-refractivity contribution in [1.29, 1.82) is 0 Å². The second-order valence-corrected chi connectivity index (χ2v) is 7.53. The quantitative estimate of drug-likeness (QED) is 0.334. The molecule has 138 valence electrons. The van der Waals surface area contributed by atoms with Crippen LogP contribution in [0, 0.1) is 24.3 Å². The summed E-state index contributed by atoms with van der Waals surface area (Å²) >= 11 is 2.00. The molecule has 3 aromatic rings. The SMILES string of the molecule is Cc1cccc(-n2c(C)cc(/C=N\NC(=O)c3ccc(I)c(O)c3)c2C)c1. The van der Waals surface area contributed by atoms with Gasteiger partial charge in [0.1, 0.15) is 5.75 Å². The number of halogens is 1. The lowest BCUT2D eigenvalue weighted by Crippen LogP contribution is -2.17. The number of rotatable bonds is 4. The summed E-state index contributed by atoms with van der Waals surface area (Å²) in [5.74, 6) is -0.292. The minimum absolute atomic E-state index is 0.0777. The molecule has 0 spiro atoms. The molecule has 0 aliphatic heterocycles. The van der Waals surface area contributed by atoms with Crippen LogP contribution in [0.2, 0.25) is 0 Å². The van der Waals surface area contributed by atoms with Crippen molar-refractivity contribution in [2.24, 2.45) is 5.10 Å². The van der Waals surface area contributed by atoms with Crippen molar-refractivity contribution in [2.75, 3.05) is 0 Å². The normalized spacial score (nSPS) is 11.1. The molecule has 0 unspecified atom stereocenters. The van der Waals surface area contributed by atoms with E-state index in [0.29, 0.717) is 9.13 Å². The van der Waals surface area contributed by atoms with Crippen molar-refractivity contribution >= 4 is 34.7 Å². The van der Waals surface area contributed by atoms with Crippen molar-refractivity contribution in [3.05, 3.63) is 80.2 Å². The van der Waals surface area contributed by atoms with E-state index in [1.54, 1.807) is 18.3 Å². The fourth-order valence-electron chi connectivity index (χ4n) is 2.96. The van der Waals surface area contributed by atoms with Gasteiger partial charge in [-0.25, -0.2) is 5.43 Å². The Kier molecular flexibility index (Phi) is 5.65. The van der Waals surface area contributed by atoms with Crippen LogP contribution in [0.25, 0.3) is 5.69 Å². The molecule has 6 heteroatoms. The van der Waals surface area contributed by atoms with Crippen LogP contribution in [-0.4, -0.2) is 21.8 Å². The van der Waals surface area contributed by atoms with E-state index >= 15 is 0 Å². The van der Waals surface area contributed by atoms with E-state index in [1.165, 1.54) is 11.6 Å². The maximum atomic E-state index is 12.2. The molecular formula is C21H20IN3O2. The number of amides is 1. The van der Waals surface area contributed by atoms with Gasteiger partial charge in [-0.2, -0.15) is 5.10 Å². The van der Waals surface area contributed by atoms with E-state index in [9.17, 15) is 9.90 Å². The molecule has 1 amide bonds. The zero-order valence-electron chi connectivity index (χ0n) is 15.3. The average Bonchev–Trinajstić information content (AvgIpc) is 2.91. The van der Waals surface area contributed by atoms with Gasteiger partial charge >= 0.3 is 0 Å². The monoisotopic (exact) mass is 473 g/mol. The second-order valence-electron chi connectivity index (χ2n) is 6.37. The van der Waals surface area contributed by atoms with Gasteiger partial charge in [0.2, 0.25) is 0 Å². The number of carbonyl (C=O) groups excluding carboxylic acids is 1. The van der Waals surface area contributed by atoms with Gasteiger partial charge in [0.15, 0.2) is 0 Å². The third-order valence-electron chi connectivity index (χ3n) is 4.31. The Morgan fingerprint density at radius 2 is 1.93 bits per heavy atom. The highest BCUT2D eigenvalue weighted by Crippen LogP contribution is 2.21. The number of nitrogens with one attached hydrogen (secondary N) is 1. The van der Waals surface area contributed by atoms with E-state index in [1.807, 2.05) is 48.6 Å². The molecule has 0 fully saturated rings. The number of hydrogen-bond donors (Lipinski definition) is 2. The van der Waals surface area contributed by atoms with Crippen LogP contribution < -0.4 is 5.43 Å². The Balaban J connectivity index is 1.79. The Morgan fingerprint density at radius 1 is 1.15 bits per heavy atom. The van der Waals surface area contributed by atoms with E-state index < -0.39 is 0 Å². The van der Waals surface area contributed by atoms with E-state index in [0.717, 1.165) is 22.6 Å². The molecule has 0 aliphatic carbocycles. The molecule has 1 heterocycles. The standard InChI is InChI=1S/C21H20IN3O2/c1-13-5-4-6-18(9-13)25-14(2)10-17(15(25)3)12-23-24-21(27)16-7-8-19(22)20(26)11-16/h4-12,26H,1-3H3,(H,24,27)/b23-12-. The lowest BCUT2D eigenvalue weighted by molar-refractivity contribution is 0.0954. The maximum Gasteiger partial charge on any atom is 0.271 e. The number of hydrogen-bond acceptors (Lipinski definition) is 3. The van der Waals surface area contributed by atoms with Crippen molar-refractivity contribution in [2.45, 2.75) is 20.8 Å². The molecule has 0 atom stereocenters. The Bertz CT molecular complexity index is 1040. The summed E-state index contributed by atoms with van der Waals surface area (Å²) < 4.78 is 2.85. The molecule has 3 rings (SSSR count). The van der Waals surface area contributed by atoms with Crippen molar-refractivity contribution in [3.63, 3.8) is 0 Å². The topological polar surface area (TPSA) is 66.6 Å². The van der Waals surface area contributed by atoms with Gasteiger partial charge in [-0.3, -0.25) is 4.79 Å².